The smallest absolute Gasteiger partial charge is 0.246 e. The first kappa shape index (κ1) is 25.5. The van der Waals surface area contributed by atoms with E-state index in [1.165, 1.54) is 6.07 Å². The van der Waals surface area contributed by atoms with E-state index < -0.39 is 11.5 Å². The summed E-state index contributed by atoms with van der Waals surface area (Å²) in [7, 11) is 0. The first-order valence-corrected chi connectivity index (χ1v) is 12.3. The molecule has 0 unspecified atom stereocenters. The third-order valence-corrected chi connectivity index (χ3v) is 7.26. The van der Waals surface area contributed by atoms with Crippen molar-refractivity contribution in [3.05, 3.63) is 29.6 Å². The van der Waals surface area contributed by atoms with Crippen LogP contribution in [-0.4, -0.2) is 65.5 Å². The van der Waals surface area contributed by atoms with Crippen LogP contribution >= 0.6 is 0 Å². The Balaban J connectivity index is 1.85. The lowest BCUT2D eigenvalue weighted by Crippen LogP contribution is -2.58. The highest BCUT2D eigenvalue weighted by molar-refractivity contribution is 5.89. The fourth-order valence-corrected chi connectivity index (χ4v) is 4.95. The molecule has 0 saturated carbocycles. The Morgan fingerprint density at radius 1 is 1.27 bits per heavy atom. The monoisotopic (exact) mass is 461 g/mol. The zero-order chi connectivity index (χ0) is 24.5. The summed E-state index contributed by atoms with van der Waals surface area (Å²) in [6, 6.07) is 4.37. The Morgan fingerprint density at radius 2 is 1.97 bits per heavy atom. The number of benzene rings is 1. The number of nitrogens with zero attached hydrogens (tertiary/aromatic N) is 2. The van der Waals surface area contributed by atoms with E-state index in [0.29, 0.717) is 24.4 Å². The van der Waals surface area contributed by atoms with Crippen LogP contribution in [0.25, 0.3) is 0 Å². The molecule has 2 aliphatic heterocycles. The van der Waals surface area contributed by atoms with Gasteiger partial charge in [-0.25, -0.2) is 4.39 Å². The molecule has 3 rings (SSSR count). The number of likely N-dealkylation sites (N-methyl/N-ethyl adjacent to an activating group) is 1. The number of nitrogens with one attached hydrogen (secondary N) is 1. The van der Waals surface area contributed by atoms with Crippen molar-refractivity contribution in [3.8, 4) is 5.75 Å². The number of hydrogen-bond acceptors (Lipinski definition) is 4. The molecule has 184 valence electrons. The molecule has 0 aliphatic carbocycles. The van der Waals surface area contributed by atoms with Gasteiger partial charge >= 0.3 is 0 Å². The Kier molecular flexibility index (Phi) is 7.72. The van der Waals surface area contributed by atoms with E-state index in [2.05, 4.69) is 17.1 Å². The van der Waals surface area contributed by atoms with Crippen molar-refractivity contribution < 1.29 is 18.7 Å². The number of carbonyl (C=O) groups excluding carboxylic acids is 2. The number of fused-ring (bicyclic) bond motifs is 1. The summed E-state index contributed by atoms with van der Waals surface area (Å²) in [6.07, 6.45) is 1.33. The molecule has 2 heterocycles. The van der Waals surface area contributed by atoms with Gasteiger partial charge < -0.3 is 15.0 Å². The number of halogens is 1. The number of rotatable bonds is 7. The van der Waals surface area contributed by atoms with Crippen molar-refractivity contribution in [2.24, 2.45) is 11.3 Å². The van der Waals surface area contributed by atoms with E-state index in [0.717, 1.165) is 19.4 Å². The Morgan fingerprint density at radius 3 is 2.55 bits per heavy atom. The van der Waals surface area contributed by atoms with Gasteiger partial charge in [-0.1, -0.05) is 47.6 Å². The molecule has 0 spiro atoms. The number of likely N-dealkylation sites (tertiary alicyclic amines) is 2. The quantitative estimate of drug-likeness (QED) is 0.672. The molecule has 0 aromatic heterocycles. The number of aryl methyl sites for hydroxylation is 1. The zero-order valence-corrected chi connectivity index (χ0v) is 21.2. The molecule has 0 bridgehead atoms. The largest absolute Gasteiger partial charge is 0.487 e. The van der Waals surface area contributed by atoms with E-state index in [9.17, 15) is 14.0 Å². The van der Waals surface area contributed by atoms with Gasteiger partial charge in [-0.15, -0.1) is 0 Å². The molecule has 7 heteroatoms. The average molecular weight is 462 g/mol. The molecular formula is C26H40FN3O3. The van der Waals surface area contributed by atoms with Crippen LogP contribution in [0, 0.1) is 24.1 Å². The molecule has 33 heavy (non-hydrogen) atoms. The van der Waals surface area contributed by atoms with E-state index in [4.69, 9.17) is 4.74 Å². The third kappa shape index (κ3) is 5.34. The lowest BCUT2D eigenvalue weighted by atomic mass is 9.85. The van der Waals surface area contributed by atoms with Gasteiger partial charge in [-0.3, -0.25) is 14.5 Å². The van der Waals surface area contributed by atoms with Crippen LogP contribution in [0.4, 0.5) is 4.39 Å². The van der Waals surface area contributed by atoms with Crippen LogP contribution in [0.15, 0.2) is 18.2 Å². The maximum atomic E-state index is 14.1. The summed E-state index contributed by atoms with van der Waals surface area (Å²) < 4.78 is 20.4. The second-order valence-corrected chi connectivity index (χ2v) is 10.7. The normalized spacial score (nSPS) is 25.0. The van der Waals surface area contributed by atoms with Crippen LogP contribution in [0.1, 0.15) is 59.9 Å². The fourth-order valence-electron chi connectivity index (χ4n) is 4.95. The number of carbonyl (C=O) groups is 2. The maximum absolute atomic E-state index is 14.1. The van der Waals surface area contributed by atoms with Gasteiger partial charge in [0.1, 0.15) is 23.7 Å². The van der Waals surface area contributed by atoms with Crippen LogP contribution in [0.3, 0.4) is 0 Å². The maximum Gasteiger partial charge on any atom is 0.246 e. The second-order valence-electron chi connectivity index (χ2n) is 10.7. The van der Waals surface area contributed by atoms with E-state index in [-0.39, 0.29) is 41.7 Å². The van der Waals surface area contributed by atoms with Gasteiger partial charge in [-0.05, 0) is 43.4 Å². The molecule has 0 radical (unpaired) electrons. The molecule has 6 nitrogen and oxygen atoms in total. The Bertz CT molecular complexity index is 869. The Labute approximate surface area is 197 Å². The van der Waals surface area contributed by atoms with Crippen molar-refractivity contribution in [2.75, 3.05) is 19.6 Å². The highest BCUT2D eigenvalue weighted by atomic mass is 19.1. The summed E-state index contributed by atoms with van der Waals surface area (Å²) in [5.74, 6) is -0.117. The third-order valence-electron chi connectivity index (χ3n) is 7.26. The summed E-state index contributed by atoms with van der Waals surface area (Å²) >= 11 is 0. The highest BCUT2D eigenvalue weighted by Gasteiger charge is 2.52. The predicted molar refractivity (Wildman–Crippen MR) is 128 cm³/mol. The molecule has 5 atom stereocenters. The van der Waals surface area contributed by atoms with Gasteiger partial charge in [0, 0.05) is 31.1 Å². The second kappa shape index (κ2) is 10.00. The molecule has 2 fully saturated rings. The summed E-state index contributed by atoms with van der Waals surface area (Å²) in [6.45, 7) is 15.8. The van der Waals surface area contributed by atoms with Gasteiger partial charge in [0.2, 0.25) is 11.8 Å². The van der Waals surface area contributed by atoms with Gasteiger partial charge in [0.05, 0.1) is 6.04 Å². The van der Waals surface area contributed by atoms with Crippen molar-refractivity contribution >= 4 is 11.8 Å². The minimum Gasteiger partial charge on any atom is -0.487 e. The minimum atomic E-state index is -0.620. The molecule has 2 saturated heterocycles. The molecule has 1 aromatic carbocycles. The Hall–Kier alpha value is -2.15. The first-order chi connectivity index (χ1) is 15.5. The van der Waals surface area contributed by atoms with Crippen LogP contribution in [0.5, 0.6) is 5.75 Å². The average Bonchev–Trinajstić information content (AvgIpc) is 3.33. The van der Waals surface area contributed by atoms with Gasteiger partial charge in [-0.2, -0.15) is 0 Å². The van der Waals surface area contributed by atoms with Crippen molar-refractivity contribution in [2.45, 2.75) is 85.5 Å². The van der Waals surface area contributed by atoms with E-state index >= 15 is 0 Å². The number of amides is 2. The van der Waals surface area contributed by atoms with Gasteiger partial charge in [0.25, 0.3) is 0 Å². The fraction of sp³-hybridized carbons (Fsp3) is 0.692. The van der Waals surface area contributed by atoms with Crippen molar-refractivity contribution in [1.82, 2.24) is 15.1 Å². The SMILES string of the molecule is CC[C@@H](C)C(=O)N[C@H](C(=O)N1CC[C@@H]2[C@H]1[C@@H](Oc1ccc(C)c(F)c1)CN2CC)C(C)(C)C. The first-order valence-electron chi connectivity index (χ1n) is 12.3. The predicted octanol–water partition coefficient (Wildman–Crippen LogP) is 3.76. The molecule has 1 N–H and O–H groups in total. The summed E-state index contributed by atoms with van der Waals surface area (Å²) in [5, 5.41) is 3.03. The van der Waals surface area contributed by atoms with Crippen LogP contribution in [-0.2, 0) is 9.59 Å². The molecule has 1 aromatic rings. The van der Waals surface area contributed by atoms with Gasteiger partial charge in [0.15, 0.2) is 0 Å². The molecule has 2 aliphatic rings. The number of hydrogen-bond donors (Lipinski definition) is 1. The van der Waals surface area contributed by atoms with Crippen molar-refractivity contribution in [1.29, 1.82) is 0 Å². The van der Waals surface area contributed by atoms with E-state index in [1.807, 2.05) is 39.5 Å². The summed E-state index contributed by atoms with van der Waals surface area (Å²) in [5.41, 5.74) is 0.141. The van der Waals surface area contributed by atoms with Crippen LogP contribution in [0.2, 0.25) is 0 Å². The topological polar surface area (TPSA) is 61.9 Å². The minimum absolute atomic E-state index is 0.0618. The molecular weight excluding hydrogens is 421 g/mol. The standard InChI is InChI=1S/C26H40FN3O3/c1-8-16(3)24(31)28-23(26(5,6)7)25(32)30-13-12-20-22(30)21(15-29(20)9-2)33-18-11-10-17(4)19(27)14-18/h10-11,14,16,20-23H,8-9,12-13,15H2,1-7H3,(H,28,31)/t16-,20-,21+,22+,23-/m1/s1. The van der Waals surface area contributed by atoms with Crippen LogP contribution < -0.4 is 10.1 Å². The molecule has 2 amide bonds. The highest BCUT2D eigenvalue weighted by Crippen LogP contribution is 2.36. The summed E-state index contributed by atoms with van der Waals surface area (Å²) in [4.78, 5) is 30.8. The van der Waals surface area contributed by atoms with Crippen molar-refractivity contribution in [3.63, 3.8) is 0 Å². The lowest BCUT2D eigenvalue weighted by molar-refractivity contribution is -0.142. The number of ether oxygens (including phenoxy) is 1. The lowest BCUT2D eigenvalue weighted by Gasteiger charge is -2.37. The zero-order valence-electron chi connectivity index (χ0n) is 21.2. The van der Waals surface area contributed by atoms with E-state index in [1.54, 1.807) is 19.1 Å².